The first-order valence-electron chi connectivity index (χ1n) is 9.24. The number of rotatable bonds is 5. The molecule has 0 fully saturated rings. The largest absolute Gasteiger partial charge is 0.497 e. The zero-order valence-electron chi connectivity index (χ0n) is 15.7. The number of hydrogen-bond acceptors (Lipinski definition) is 3. The monoisotopic (exact) mass is 357 g/mol. The van der Waals surface area contributed by atoms with Crippen LogP contribution in [0.5, 0.6) is 5.75 Å². The van der Waals surface area contributed by atoms with Crippen LogP contribution in [0.4, 0.5) is 0 Å². The molecule has 0 aliphatic heterocycles. The number of nitrogens with zero attached hydrogens (tertiary/aromatic N) is 1. The van der Waals surface area contributed by atoms with E-state index < -0.39 is 0 Å². The van der Waals surface area contributed by atoms with Crippen LogP contribution in [0.1, 0.15) is 37.9 Å². The lowest BCUT2D eigenvalue weighted by Gasteiger charge is -2.15. The van der Waals surface area contributed by atoms with Gasteiger partial charge >= 0.3 is 0 Å². The van der Waals surface area contributed by atoms with Crippen molar-refractivity contribution in [3.05, 3.63) is 45.9 Å². The molecule has 2 aromatic rings. The normalized spacial score (nSPS) is 16.8. The molecule has 0 radical (unpaired) electrons. The molecule has 1 aliphatic carbocycles. The number of aryl methyl sites for hydroxylation is 1. The number of nitrogens with one attached hydrogen (secondary N) is 2. The number of hydrogen-bond donors (Lipinski definition) is 2. The summed E-state index contributed by atoms with van der Waals surface area (Å²) in [6, 6.07) is 7.39. The van der Waals surface area contributed by atoms with Crippen LogP contribution in [-0.4, -0.2) is 29.3 Å². The van der Waals surface area contributed by atoms with E-state index in [0.717, 1.165) is 29.1 Å². The Labute approximate surface area is 153 Å². The fourth-order valence-electron chi connectivity index (χ4n) is 3.39. The zero-order chi connectivity index (χ0) is 18.7. The Kier molecular flexibility index (Phi) is 5.49. The van der Waals surface area contributed by atoms with Gasteiger partial charge in [-0.2, -0.15) is 0 Å². The molecule has 6 heteroatoms. The minimum atomic E-state index is -0.0246. The topological polar surface area (TPSA) is 76.1 Å². The predicted octanol–water partition coefficient (Wildman–Crippen LogP) is 2.44. The van der Waals surface area contributed by atoms with Crippen molar-refractivity contribution in [2.45, 2.75) is 39.5 Å². The van der Waals surface area contributed by atoms with Gasteiger partial charge in [0.25, 0.3) is 5.56 Å². The number of carbonyl (C=O) groups is 1. The summed E-state index contributed by atoms with van der Waals surface area (Å²) in [5.41, 5.74) is 2.52. The molecule has 26 heavy (non-hydrogen) atoms. The van der Waals surface area contributed by atoms with Crippen LogP contribution < -0.4 is 15.6 Å². The first-order chi connectivity index (χ1) is 12.5. The summed E-state index contributed by atoms with van der Waals surface area (Å²) in [5, 5.41) is 6.25. The van der Waals surface area contributed by atoms with Gasteiger partial charge in [0.15, 0.2) is 0 Å². The lowest BCUT2D eigenvalue weighted by Crippen LogP contribution is -2.33. The molecule has 0 spiro atoms. The molecule has 1 aliphatic rings. The van der Waals surface area contributed by atoms with Gasteiger partial charge in [-0.3, -0.25) is 14.7 Å². The molecular weight excluding hydrogens is 330 g/mol. The number of carbonyl (C=O) groups excluding carboxylic acids is 1. The molecule has 0 saturated carbocycles. The van der Waals surface area contributed by atoms with Gasteiger partial charge in [0.05, 0.1) is 12.8 Å². The quantitative estimate of drug-likeness (QED) is 0.807. The van der Waals surface area contributed by atoms with Crippen LogP contribution in [-0.2, 0) is 17.6 Å². The smallest absolute Gasteiger partial charge is 0.274 e. The fraction of sp³-hybridized carbons (Fsp3) is 0.500. The third-order valence-electron chi connectivity index (χ3n) is 4.94. The summed E-state index contributed by atoms with van der Waals surface area (Å²) in [6.07, 6.45) is 2.83. The molecule has 0 saturated heterocycles. The zero-order valence-corrected chi connectivity index (χ0v) is 15.7. The number of benzene rings is 1. The van der Waals surface area contributed by atoms with E-state index in [2.05, 4.69) is 24.3 Å². The number of fused-ring (bicyclic) bond motifs is 1. The van der Waals surface area contributed by atoms with Gasteiger partial charge < -0.3 is 10.1 Å². The van der Waals surface area contributed by atoms with E-state index in [1.165, 1.54) is 0 Å². The number of H-pyrrole nitrogens is 1. The first-order valence-corrected chi connectivity index (χ1v) is 9.24. The van der Waals surface area contributed by atoms with Crippen LogP contribution in [0.2, 0.25) is 0 Å². The Bertz CT molecular complexity index is 818. The fourth-order valence-corrected chi connectivity index (χ4v) is 3.39. The van der Waals surface area contributed by atoms with Gasteiger partial charge in [0, 0.05) is 23.7 Å². The Morgan fingerprint density at radius 2 is 1.96 bits per heavy atom. The van der Waals surface area contributed by atoms with Crippen LogP contribution in [0.15, 0.2) is 29.1 Å². The minimum absolute atomic E-state index is 0.0200. The average molecular weight is 357 g/mol. The molecule has 1 amide bonds. The summed E-state index contributed by atoms with van der Waals surface area (Å²) >= 11 is 0. The molecule has 3 rings (SSSR count). The van der Waals surface area contributed by atoms with Crippen molar-refractivity contribution < 1.29 is 9.53 Å². The van der Waals surface area contributed by atoms with Crippen molar-refractivity contribution in [2.75, 3.05) is 13.7 Å². The number of aromatic nitrogens is 2. The maximum absolute atomic E-state index is 12.8. The number of methoxy groups -OCH3 is 1. The lowest BCUT2D eigenvalue weighted by molar-refractivity contribution is -0.125. The highest BCUT2D eigenvalue weighted by atomic mass is 16.5. The van der Waals surface area contributed by atoms with E-state index in [-0.39, 0.29) is 17.4 Å². The minimum Gasteiger partial charge on any atom is -0.497 e. The van der Waals surface area contributed by atoms with Gasteiger partial charge in [-0.15, -0.1) is 0 Å². The Balaban J connectivity index is 1.74. The van der Waals surface area contributed by atoms with Crippen molar-refractivity contribution in [2.24, 2.45) is 11.8 Å². The van der Waals surface area contributed by atoms with Crippen LogP contribution in [0.3, 0.4) is 0 Å². The van der Waals surface area contributed by atoms with Crippen LogP contribution in [0.25, 0.3) is 5.69 Å². The Morgan fingerprint density at radius 3 is 2.62 bits per heavy atom. The average Bonchev–Trinajstić information content (AvgIpc) is 2.82. The van der Waals surface area contributed by atoms with Gasteiger partial charge in [-0.05, 0) is 55.9 Å². The molecule has 1 aromatic carbocycles. The molecule has 1 heterocycles. The van der Waals surface area contributed by atoms with E-state index in [9.17, 15) is 9.59 Å². The van der Waals surface area contributed by atoms with Crippen molar-refractivity contribution in [1.29, 1.82) is 0 Å². The van der Waals surface area contributed by atoms with Crippen molar-refractivity contribution in [1.82, 2.24) is 15.1 Å². The molecule has 140 valence electrons. The molecule has 6 nitrogen and oxygen atoms in total. The second kappa shape index (κ2) is 7.81. The summed E-state index contributed by atoms with van der Waals surface area (Å²) in [7, 11) is 1.62. The summed E-state index contributed by atoms with van der Waals surface area (Å²) in [6.45, 7) is 4.87. The van der Waals surface area contributed by atoms with Crippen molar-refractivity contribution in [3.63, 3.8) is 0 Å². The molecular formula is C20H27N3O3. The Morgan fingerprint density at radius 1 is 1.27 bits per heavy atom. The summed E-state index contributed by atoms with van der Waals surface area (Å²) in [4.78, 5) is 25.2. The second-order valence-electron chi connectivity index (χ2n) is 7.32. The van der Waals surface area contributed by atoms with E-state index in [0.29, 0.717) is 31.7 Å². The third kappa shape index (κ3) is 3.84. The van der Waals surface area contributed by atoms with E-state index in [1.807, 2.05) is 24.3 Å². The highest BCUT2D eigenvalue weighted by Crippen LogP contribution is 2.23. The summed E-state index contributed by atoms with van der Waals surface area (Å²) in [5.74, 6) is 1.28. The maximum Gasteiger partial charge on any atom is 0.274 e. The molecule has 1 unspecified atom stereocenters. The second-order valence-corrected chi connectivity index (χ2v) is 7.32. The standard InChI is InChI=1S/C20H27N3O3/c1-13(2)12-21-19(24)14-4-10-17-18(11-5-14)22-23(20(17)25)15-6-8-16(26-3)9-7-15/h6-9,13-14,22H,4-5,10-12H2,1-3H3,(H,21,24). The number of amides is 1. The van der Waals surface area contributed by atoms with E-state index in [1.54, 1.807) is 11.8 Å². The third-order valence-corrected chi connectivity index (χ3v) is 4.94. The lowest BCUT2D eigenvalue weighted by atomic mass is 9.98. The highest BCUT2D eigenvalue weighted by molar-refractivity contribution is 5.78. The predicted molar refractivity (Wildman–Crippen MR) is 101 cm³/mol. The van der Waals surface area contributed by atoms with Gasteiger partial charge in [-0.1, -0.05) is 13.8 Å². The molecule has 0 bridgehead atoms. The van der Waals surface area contributed by atoms with Gasteiger partial charge in [0.2, 0.25) is 5.91 Å². The molecule has 2 N–H and O–H groups in total. The van der Waals surface area contributed by atoms with Crippen molar-refractivity contribution in [3.8, 4) is 11.4 Å². The summed E-state index contributed by atoms with van der Waals surface area (Å²) < 4.78 is 6.75. The highest BCUT2D eigenvalue weighted by Gasteiger charge is 2.26. The molecule has 1 aromatic heterocycles. The first kappa shape index (κ1) is 18.3. The van der Waals surface area contributed by atoms with Gasteiger partial charge in [0.1, 0.15) is 5.75 Å². The van der Waals surface area contributed by atoms with Crippen molar-refractivity contribution >= 4 is 5.91 Å². The maximum atomic E-state index is 12.8. The van der Waals surface area contributed by atoms with E-state index in [4.69, 9.17) is 4.74 Å². The van der Waals surface area contributed by atoms with Crippen LogP contribution >= 0.6 is 0 Å². The number of aromatic amines is 1. The number of ether oxygens (including phenoxy) is 1. The van der Waals surface area contributed by atoms with Gasteiger partial charge in [-0.25, -0.2) is 4.68 Å². The van der Waals surface area contributed by atoms with Crippen LogP contribution in [0, 0.1) is 11.8 Å². The molecule has 1 atom stereocenters. The SMILES string of the molecule is COc1ccc(-n2[nH]c3c(c2=O)CCC(C(=O)NCC(C)C)CC3)cc1. The van der Waals surface area contributed by atoms with E-state index >= 15 is 0 Å². The Hall–Kier alpha value is -2.50.